The van der Waals surface area contributed by atoms with E-state index in [1.807, 2.05) is 60.6 Å². The molecule has 234 valence electrons. The quantitative estimate of drug-likeness (QED) is 0.184. The highest BCUT2D eigenvalue weighted by Gasteiger charge is 2.34. The van der Waals surface area contributed by atoms with E-state index in [1.165, 1.54) is 12.1 Å². The van der Waals surface area contributed by atoms with Gasteiger partial charge in [-0.25, -0.2) is 9.59 Å². The van der Waals surface area contributed by atoms with Crippen molar-refractivity contribution in [3.8, 4) is 11.5 Å². The zero-order valence-corrected chi connectivity index (χ0v) is 27.2. The first-order valence-corrected chi connectivity index (χ1v) is 15.7. The molecule has 0 aliphatic heterocycles. The van der Waals surface area contributed by atoms with E-state index < -0.39 is 39.6 Å². The molecule has 9 nitrogen and oxygen atoms in total. The van der Waals surface area contributed by atoms with E-state index >= 15 is 0 Å². The molecule has 0 heterocycles. The van der Waals surface area contributed by atoms with E-state index in [4.69, 9.17) is 24.5 Å². The Morgan fingerprint density at radius 1 is 0.791 bits per heavy atom. The van der Waals surface area contributed by atoms with Crippen LogP contribution in [0.2, 0.25) is 0 Å². The van der Waals surface area contributed by atoms with E-state index in [-0.39, 0.29) is 18.1 Å². The number of aliphatic hydroxyl groups excluding tert-OH is 1. The SMILES string of the molecule is CCO.Cc1cc(C)cc(C(=O)Oc2ccc(C(OS(C)(=O)=O)C(N)C(C)(C)C)cc2OC(=O)c2cc(C)cc(C)c2)c1. The largest absolute Gasteiger partial charge is 0.419 e. The van der Waals surface area contributed by atoms with Crippen LogP contribution in [0, 0.1) is 33.1 Å². The number of aryl methyl sites for hydroxylation is 4. The van der Waals surface area contributed by atoms with Crippen molar-refractivity contribution < 1.29 is 36.8 Å². The summed E-state index contributed by atoms with van der Waals surface area (Å²) in [5, 5.41) is 7.57. The van der Waals surface area contributed by atoms with Gasteiger partial charge in [-0.15, -0.1) is 0 Å². The summed E-state index contributed by atoms with van der Waals surface area (Å²) in [6, 6.07) is 14.3. The summed E-state index contributed by atoms with van der Waals surface area (Å²) in [5.41, 5.74) is 10.4. The molecule has 0 aliphatic carbocycles. The standard InChI is InChI=1S/C31H37NO7S.C2H6O/c1-18-11-19(2)14-23(13-18)29(33)37-25-10-9-22(27(39-40(8,35)36)28(32)31(5,6)7)17-26(25)38-30(34)24-15-20(3)12-21(4)16-24;1-2-3/h9-17,27-28H,32H2,1-8H3;3H,2H2,1H3. The summed E-state index contributed by atoms with van der Waals surface area (Å²) in [6.45, 7) is 15.0. The fourth-order valence-corrected chi connectivity index (χ4v) is 4.94. The van der Waals surface area contributed by atoms with Crippen molar-refractivity contribution >= 4 is 22.1 Å². The third-order valence-electron chi connectivity index (χ3n) is 6.22. The first-order valence-electron chi connectivity index (χ1n) is 13.8. The molecule has 3 N–H and O–H groups in total. The number of benzene rings is 3. The molecule has 3 rings (SSSR count). The van der Waals surface area contributed by atoms with Gasteiger partial charge in [0.25, 0.3) is 10.1 Å². The number of carbonyl (C=O) groups excluding carboxylic acids is 2. The van der Waals surface area contributed by atoms with Crippen molar-refractivity contribution in [3.05, 3.63) is 93.5 Å². The third kappa shape index (κ3) is 10.9. The average molecular weight is 614 g/mol. The summed E-state index contributed by atoms with van der Waals surface area (Å²) >= 11 is 0. The molecule has 2 atom stereocenters. The van der Waals surface area contributed by atoms with E-state index in [0.29, 0.717) is 16.7 Å². The molecule has 3 aromatic carbocycles. The van der Waals surface area contributed by atoms with E-state index in [2.05, 4.69) is 0 Å². The molecule has 0 bridgehead atoms. The first kappa shape index (κ1) is 35.6. The molecular formula is C33H43NO8S. The number of hydrogen-bond donors (Lipinski definition) is 2. The fraction of sp³-hybridized carbons (Fsp3) is 0.394. The zero-order valence-electron chi connectivity index (χ0n) is 26.3. The van der Waals surface area contributed by atoms with Crippen LogP contribution in [0.3, 0.4) is 0 Å². The lowest BCUT2D eigenvalue weighted by atomic mass is 9.82. The molecule has 0 saturated carbocycles. The maximum atomic E-state index is 13.2. The predicted molar refractivity (Wildman–Crippen MR) is 167 cm³/mol. The van der Waals surface area contributed by atoms with Crippen LogP contribution in [0.5, 0.6) is 11.5 Å². The second-order valence-corrected chi connectivity index (χ2v) is 13.3. The van der Waals surface area contributed by atoms with Crippen molar-refractivity contribution in [3.63, 3.8) is 0 Å². The highest BCUT2D eigenvalue weighted by Crippen LogP contribution is 2.38. The Morgan fingerprint density at radius 3 is 1.56 bits per heavy atom. The van der Waals surface area contributed by atoms with Crippen LogP contribution < -0.4 is 15.2 Å². The minimum absolute atomic E-state index is 0.0203. The van der Waals surface area contributed by atoms with E-state index in [1.54, 1.807) is 37.3 Å². The molecule has 43 heavy (non-hydrogen) atoms. The topological polar surface area (TPSA) is 142 Å². The Morgan fingerprint density at radius 2 is 1.19 bits per heavy atom. The molecular weight excluding hydrogens is 570 g/mol. The van der Waals surface area contributed by atoms with Crippen LogP contribution >= 0.6 is 0 Å². The molecule has 0 radical (unpaired) electrons. The third-order valence-corrected chi connectivity index (χ3v) is 6.78. The Labute approximate surface area is 255 Å². The molecule has 0 saturated heterocycles. The lowest BCUT2D eigenvalue weighted by molar-refractivity contribution is 0.0681. The average Bonchev–Trinajstić information content (AvgIpc) is 2.86. The minimum Gasteiger partial charge on any atom is -0.419 e. The Bertz CT molecular complexity index is 1520. The van der Waals surface area contributed by atoms with E-state index in [9.17, 15) is 18.0 Å². The lowest BCUT2D eigenvalue weighted by Gasteiger charge is -2.33. The number of esters is 2. The molecule has 3 aromatic rings. The monoisotopic (exact) mass is 613 g/mol. The lowest BCUT2D eigenvalue weighted by Crippen LogP contribution is -2.42. The Balaban J connectivity index is 0.00000206. The molecule has 0 aliphatic rings. The van der Waals surface area contributed by atoms with Gasteiger partial charge >= 0.3 is 11.9 Å². The van der Waals surface area contributed by atoms with Gasteiger partial charge in [-0.3, -0.25) is 4.18 Å². The van der Waals surface area contributed by atoms with Gasteiger partial charge in [0.2, 0.25) is 0 Å². The van der Waals surface area contributed by atoms with Gasteiger partial charge in [-0.2, -0.15) is 8.42 Å². The summed E-state index contributed by atoms with van der Waals surface area (Å²) in [7, 11) is -3.91. The van der Waals surface area contributed by atoms with Gasteiger partial charge in [0.05, 0.1) is 17.4 Å². The van der Waals surface area contributed by atoms with Crippen LogP contribution in [0.15, 0.2) is 54.6 Å². The van der Waals surface area contributed by atoms with Crippen molar-refractivity contribution in [1.82, 2.24) is 0 Å². The highest BCUT2D eigenvalue weighted by molar-refractivity contribution is 7.86. The summed E-state index contributed by atoms with van der Waals surface area (Å²) < 4.78 is 41.1. The zero-order chi connectivity index (χ0) is 32.7. The molecule has 2 unspecified atom stereocenters. The maximum absolute atomic E-state index is 13.2. The van der Waals surface area contributed by atoms with Crippen LogP contribution in [-0.4, -0.2) is 44.4 Å². The van der Waals surface area contributed by atoms with Crippen molar-refractivity contribution in [2.45, 2.75) is 67.5 Å². The van der Waals surface area contributed by atoms with Crippen molar-refractivity contribution in [2.75, 3.05) is 12.9 Å². The first-order chi connectivity index (χ1) is 19.8. The number of carbonyl (C=O) groups is 2. The number of hydrogen-bond acceptors (Lipinski definition) is 9. The number of nitrogens with two attached hydrogens (primary N) is 1. The van der Waals surface area contributed by atoms with Gasteiger partial charge in [0.15, 0.2) is 11.5 Å². The van der Waals surface area contributed by atoms with Crippen LogP contribution in [0.25, 0.3) is 0 Å². The molecule has 10 heteroatoms. The summed E-state index contributed by atoms with van der Waals surface area (Å²) in [5.74, 6) is -1.41. The smallest absolute Gasteiger partial charge is 0.343 e. The predicted octanol–water partition coefficient (Wildman–Crippen LogP) is 5.75. The minimum atomic E-state index is -3.91. The second-order valence-electron chi connectivity index (χ2n) is 11.7. The maximum Gasteiger partial charge on any atom is 0.343 e. The van der Waals surface area contributed by atoms with Crippen LogP contribution in [0.1, 0.15) is 82.3 Å². The molecule has 0 spiro atoms. The highest BCUT2D eigenvalue weighted by atomic mass is 32.2. The van der Waals surface area contributed by atoms with Gasteiger partial charge in [-0.05, 0) is 82.0 Å². The van der Waals surface area contributed by atoms with Gasteiger partial charge < -0.3 is 20.3 Å². The van der Waals surface area contributed by atoms with Gasteiger partial charge in [-0.1, -0.05) is 61.2 Å². The Hall–Kier alpha value is -3.57. The number of rotatable bonds is 8. The van der Waals surface area contributed by atoms with Gasteiger partial charge in [0.1, 0.15) is 6.10 Å². The second kappa shape index (κ2) is 14.7. The van der Waals surface area contributed by atoms with Crippen molar-refractivity contribution in [2.24, 2.45) is 11.1 Å². The van der Waals surface area contributed by atoms with Crippen LogP contribution in [0.4, 0.5) is 0 Å². The number of aliphatic hydroxyl groups is 1. The number of ether oxygens (including phenoxy) is 2. The molecule has 0 fully saturated rings. The summed E-state index contributed by atoms with van der Waals surface area (Å²) in [6.07, 6.45) is -0.158. The van der Waals surface area contributed by atoms with Gasteiger partial charge in [0, 0.05) is 12.6 Å². The van der Waals surface area contributed by atoms with Crippen LogP contribution in [-0.2, 0) is 14.3 Å². The summed E-state index contributed by atoms with van der Waals surface area (Å²) in [4.78, 5) is 26.3. The van der Waals surface area contributed by atoms with E-state index in [0.717, 1.165) is 28.5 Å². The molecule has 0 amide bonds. The van der Waals surface area contributed by atoms with Crippen molar-refractivity contribution in [1.29, 1.82) is 0 Å². The fourth-order valence-electron chi connectivity index (χ4n) is 4.33. The normalized spacial score (nSPS) is 12.9. The Kier molecular flexibility index (Phi) is 12.2. The molecule has 0 aromatic heterocycles.